The lowest BCUT2D eigenvalue weighted by Gasteiger charge is -2.10. The third-order valence-electron chi connectivity index (χ3n) is 2.24. The lowest BCUT2D eigenvalue weighted by atomic mass is 10.2. The first-order valence-electron chi connectivity index (χ1n) is 5.93. The molecule has 0 saturated carbocycles. The summed E-state index contributed by atoms with van der Waals surface area (Å²) < 4.78 is 0. The number of amides is 1. The maximum absolute atomic E-state index is 12.2. The van der Waals surface area contributed by atoms with Crippen LogP contribution in [-0.2, 0) is 0 Å². The Balaban J connectivity index is 2.18. The van der Waals surface area contributed by atoms with Gasteiger partial charge in [-0.15, -0.1) is 22.0 Å². The first kappa shape index (κ1) is 14.0. The van der Waals surface area contributed by atoms with Crippen molar-refractivity contribution in [1.29, 1.82) is 0 Å². The number of aryl methyl sites for hydroxylation is 1. The van der Waals surface area contributed by atoms with Crippen molar-refractivity contribution in [2.75, 3.05) is 5.32 Å². The van der Waals surface area contributed by atoms with Gasteiger partial charge in [0.2, 0.25) is 5.13 Å². The van der Waals surface area contributed by atoms with Gasteiger partial charge in [-0.2, -0.15) is 0 Å². The molecule has 0 fully saturated rings. The Labute approximate surface area is 120 Å². The highest BCUT2D eigenvalue weighted by atomic mass is 32.2. The standard InChI is InChI=1S/C13H15N3OS2/c1-8(2)18-11-7-5-4-6-10(11)12(17)14-13-16-15-9(3)19-13/h4-8H,1-3H3,(H,14,16,17). The van der Waals surface area contributed by atoms with E-state index in [4.69, 9.17) is 0 Å². The molecule has 0 aliphatic rings. The van der Waals surface area contributed by atoms with Crippen molar-refractivity contribution < 1.29 is 4.79 Å². The van der Waals surface area contributed by atoms with Crippen molar-refractivity contribution in [3.63, 3.8) is 0 Å². The topological polar surface area (TPSA) is 54.9 Å². The summed E-state index contributed by atoms with van der Waals surface area (Å²) in [7, 11) is 0. The number of aromatic nitrogens is 2. The van der Waals surface area contributed by atoms with Gasteiger partial charge in [-0.1, -0.05) is 37.3 Å². The number of carbonyl (C=O) groups is 1. The molecule has 19 heavy (non-hydrogen) atoms. The molecule has 1 amide bonds. The van der Waals surface area contributed by atoms with Crippen molar-refractivity contribution >= 4 is 34.1 Å². The first-order chi connectivity index (χ1) is 9.06. The molecule has 0 saturated heterocycles. The van der Waals surface area contributed by atoms with E-state index in [1.54, 1.807) is 11.8 Å². The molecule has 2 aromatic rings. The summed E-state index contributed by atoms with van der Waals surface area (Å²) in [5, 5.41) is 12.4. The Morgan fingerprint density at radius 1 is 1.32 bits per heavy atom. The number of nitrogens with one attached hydrogen (secondary N) is 1. The highest BCUT2D eigenvalue weighted by molar-refractivity contribution is 8.00. The quantitative estimate of drug-likeness (QED) is 0.875. The Hall–Kier alpha value is -1.40. The average molecular weight is 293 g/mol. The van der Waals surface area contributed by atoms with Crippen molar-refractivity contribution in [2.45, 2.75) is 30.9 Å². The number of hydrogen-bond acceptors (Lipinski definition) is 5. The number of anilines is 1. The molecular weight excluding hydrogens is 278 g/mol. The van der Waals surface area contributed by atoms with Gasteiger partial charge in [0.25, 0.3) is 5.91 Å². The summed E-state index contributed by atoms with van der Waals surface area (Å²) >= 11 is 3.05. The number of nitrogens with zero attached hydrogens (tertiary/aromatic N) is 2. The molecule has 1 aromatic heterocycles. The largest absolute Gasteiger partial charge is 0.296 e. The van der Waals surface area contributed by atoms with Gasteiger partial charge in [-0.05, 0) is 19.1 Å². The van der Waals surface area contributed by atoms with E-state index in [-0.39, 0.29) is 5.91 Å². The van der Waals surface area contributed by atoms with Crippen LogP contribution in [0.15, 0.2) is 29.2 Å². The monoisotopic (exact) mass is 293 g/mol. The van der Waals surface area contributed by atoms with E-state index >= 15 is 0 Å². The maximum atomic E-state index is 12.2. The second-order valence-electron chi connectivity index (χ2n) is 4.24. The zero-order valence-corrected chi connectivity index (χ0v) is 12.6. The zero-order valence-electron chi connectivity index (χ0n) is 11.0. The van der Waals surface area contributed by atoms with Crippen LogP contribution in [0.3, 0.4) is 0 Å². The second-order valence-corrected chi connectivity index (χ2v) is 7.04. The molecule has 2 rings (SSSR count). The van der Waals surface area contributed by atoms with E-state index < -0.39 is 0 Å². The first-order valence-corrected chi connectivity index (χ1v) is 7.63. The van der Waals surface area contributed by atoms with Crippen molar-refractivity contribution in [1.82, 2.24) is 10.2 Å². The summed E-state index contributed by atoms with van der Waals surface area (Å²) in [6, 6.07) is 7.60. The van der Waals surface area contributed by atoms with E-state index in [0.29, 0.717) is 15.9 Å². The smallest absolute Gasteiger partial charge is 0.258 e. The molecular formula is C13H15N3OS2. The van der Waals surface area contributed by atoms with Crippen LogP contribution in [0.5, 0.6) is 0 Å². The molecule has 6 heteroatoms. The number of hydrogen-bond donors (Lipinski definition) is 1. The number of benzene rings is 1. The van der Waals surface area contributed by atoms with Crippen LogP contribution in [0.25, 0.3) is 0 Å². The molecule has 0 atom stereocenters. The Bertz CT molecular complexity index is 581. The minimum absolute atomic E-state index is 0.139. The van der Waals surface area contributed by atoms with Gasteiger partial charge in [-0.25, -0.2) is 0 Å². The van der Waals surface area contributed by atoms with Gasteiger partial charge in [0.1, 0.15) is 5.01 Å². The summed E-state index contributed by atoms with van der Waals surface area (Å²) in [6.45, 7) is 6.07. The fourth-order valence-electron chi connectivity index (χ4n) is 1.52. The van der Waals surface area contributed by atoms with E-state index in [1.165, 1.54) is 11.3 Å². The van der Waals surface area contributed by atoms with Crippen molar-refractivity contribution in [3.05, 3.63) is 34.8 Å². The molecule has 4 nitrogen and oxygen atoms in total. The number of thioether (sulfide) groups is 1. The third-order valence-corrected chi connectivity index (χ3v) is 4.08. The fourth-order valence-corrected chi connectivity index (χ4v) is 3.06. The van der Waals surface area contributed by atoms with Crippen LogP contribution in [0.4, 0.5) is 5.13 Å². The molecule has 0 bridgehead atoms. The Kier molecular flexibility index (Phi) is 4.55. The molecule has 1 N–H and O–H groups in total. The molecule has 0 spiro atoms. The van der Waals surface area contributed by atoms with Crippen LogP contribution >= 0.6 is 23.1 Å². The van der Waals surface area contributed by atoms with Crippen LogP contribution in [0, 0.1) is 6.92 Å². The van der Waals surface area contributed by atoms with E-state index in [9.17, 15) is 4.79 Å². The lowest BCUT2D eigenvalue weighted by molar-refractivity contribution is 0.102. The molecule has 0 aliphatic heterocycles. The van der Waals surface area contributed by atoms with Gasteiger partial charge in [0.05, 0.1) is 5.56 Å². The van der Waals surface area contributed by atoms with E-state index in [1.807, 2.05) is 31.2 Å². The van der Waals surface area contributed by atoms with Gasteiger partial charge in [0.15, 0.2) is 0 Å². The normalized spacial score (nSPS) is 10.7. The highest BCUT2D eigenvalue weighted by Crippen LogP contribution is 2.27. The third kappa shape index (κ3) is 3.78. The molecule has 100 valence electrons. The maximum Gasteiger partial charge on any atom is 0.258 e. The predicted octanol–water partition coefficient (Wildman–Crippen LogP) is 3.60. The Morgan fingerprint density at radius 2 is 2.05 bits per heavy atom. The fraction of sp³-hybridized carbons (Fsp3) is 0.308. The van der Waals surface area contributed by atoms with Crippen molar-refractivity contribution in [3.8, 4) is 0 Å². The van der Waals surface area contributed by atoms with Crippen LogP contribution in [0.2, 0.25) is 0 Å². The predicted molar refractivity (Wildman–Crippen MR) is 80.0 cm³/mol. The second kappa shape index (κ2) is 6.16. The molecule has 0 aliphatic carbocycles. The van der Waals surface area contributed by atoms with Crippen LogP contribution in [0.1, 0.15) is 29.2 Å². The summed E-state index contributed by atoms with van der Waals surface area (Å²) in [6.07, 6.45) is 0. The van der Waals surface area contributed by atoms with Gasteiger partial charge in [0, 0.05) is 10.1 Å². The molecule has 1 aromatic carbocycles. The van der Waals surface area contributed by atoms with Crippen LogP contribution < -0.4 is 5.32 Å². The number of rotatable bonds is 4. The van der Waals surface area contributed by atoms with Gasteiger partial charge in [-0.3, -0.25) is 10.1 Å². The number of carbonyl (C=O) groups excluding carboxylic acids is 1. The molecule has 1 heterocycles. The summed E-state index contributed by atoms with van der Waals surface area (Å²) in [4.78, 5) is 13.2. The van der Waals surface area contributed by atoms with E-state index in [2.05, 4.69) is 29.4 Å². The van der Waals surface area contributed by atoms with Gasteiger partial charge < -0.3 is 0 Å². The molecule has 0 radical (unpaired) electrons. The Morgan fingerprint density at radius 3 is 2.68 bits per heavy atom. The zero-order chi connectivity index (χ0) is 13.8. The average Bonchev–Trinajstić information content (AvgIpc) is 2.74. The molecule has 0 unspecified atom stereocenters. The highest BCUT2D eigenvalue weighted by Gasteiger charge is 2.14. The summed E-state index contributed by atoms with van der Waals surface area (Å²) in [5.41, 5.74) is 0.675. The van der Waals surface area contributed by atoms with Crippen molar-refractivity contribution in [2.24, 2.45) is 0 Å². The summed E-state index contributed by atoms with van der Waals surface area (Å²) in [5.74, 6) is -0.139. The van der Waals surface area contributed by atoms with Gasteiger partial charge >= 0.3 is 0 Å². The SMILES string of the molecule is Cc1nnc(NC(=O)c2ccccc2SC(C)C)s1. The minimum atomic E-state index is -0.139. The van der Waals surface area contributed by atoms with E-state index in [0.717, 1.165) is 9.90 Å². The van der Waals surface area contributed by atoms with Crippen LogP contribution in [-0.4, -0.2) is 21.4 Å². The lowest BCUT2D eigenvalue weighted by Crippen LogP contribution is -2.13. The minimum Gasteiger partial charge on any atom is -0.296 e.